The number of nitrogens with one attached hydrogen (secondary N) is 1. The predicted molar refractivity (Wildman–Crippen MR) is 69.0 cm³/mol. The number of hydrogen-bond acceptors (Lipinski definition) is 4. The maximum absolute atomic E-state index is 11.5. The lowest BCUT2D eigenvalue weighted by molar-refractivity contribution is -0.145. The van der Waals surface area contributed by atoms with E-state index < -0.39 is 0 Å². The zero-order valence-corrected chi connectivity index (χ0v) is 11.6. The van der Waals surface area contributed by atoms with E-state index in [1.807, 2.05) is 27.7 Å². The van der Waals surface area contributed by atoms with Gasteiger partial charge in [-0.2, -0.15) is 0 Å². The van der Waals surface area contributed by atoms with Gasteiger partial charge in [0.15, 0.2) is 0 Å². The highest BCUT2D eigenvalue weighted by Crippen LogP contribution is 1.97. The molecule has 0 aromatic carbocycles. The number of rotatable bonds is 10. The van der Waals surface area contributed by atoms with Crippen LogP contribution in [0, 0.1) is 0 Å². The summed E-state index contributed by atoms with van der Waals surface area (Å²) in [6.07, 6.45) is 3.10. The van der Waals surface area contributed by atoms with Crippen LogP contribution in [0.15, 0.2) is 0 Å². The minimum Gasteiger partial charge on any atom is -0.465 e. The lowest BCUT2D eigenvalue weighted by atomic mass is 10.2. The molecule has 4 heteroatoms. The van der Waals surface area contributed by atoms with Gasteiger partial charge in [-0.3, -0.25) is 4.79 Å². The third-order valence-corrected chi connectivity index (χ3v) is 2.39. The Labute approximate surface area is 105 Å². The van der Waals surface area contributed by atoms with Gasteiger partial charge in [-0.1, -0.05) is 6.92 Å². The number of ether oxygens (including phenoxy) is 2. The van der Waals surface area contributed by atoms with E-state index in [0.717, 1.165) is 32.4 Å². The average molecular weight is 245 g/mol. The van der Waals surface area contributed by atoms with Crippen molar-refractivity contribution in [2.75, 3.05) is 19.8 Å². The van der Waals surface area contributed by atoms with Crippen LogP contribution in [-0.4, -0.2) is 37.9 Å². The molecule has 17 heavy (non-hydrogen) atoms. The first-order chi connectivity index (χ1) is 8.11. The molecule has 0 spiro atoms. The summed E-state index contributed by atoms with van der Waals surface area (Å²) >= 11 is 0. The number of esters is 1. The van der Waals surface area contributed by atoms with Crippen molar-refractivity contribution in [2.24, 2.45) is 0 Å². The summed E-state index contributed by atoms with van der Waals surface area (Å²) in [7, 11) is 0. The predicted octanol–water partition coefficient (Wildman–Crippen LogP) is 2.12. The Kier molecular flexibility index (Phi) is 10.2. The molecule has 0 aromatic rings. The zero-order chi connectivity index (χ0) is 13.1. The van der Waals surface area contributed by atoms with E-state index in [9.17, 15) is 4.79 Å². The summed E-state index contributed by atoms with van der Waals surface area (Å²) in [6.45, 7) is 9.94. The first-order valence-electron chi connectivity index (χ1n) is 6.63. The molecule has 0 rings (SSSR count). The number of carbonyl (C=O) groups is 1. The molecule has 1 unspecified atom stereocenters. The van der Waals surface area contributed by atoms with E-state index in [1.54, 1.807) is 0 Å². The van der Waals surface area contributed by atoms with Gasteiger partial charge >= 0.3 is 5.97 Å². The molecular formula is C13H27NO3. The van der Waals surface area contributed by atoms with E-state index in [4.69, 9.17) is 9.47 Å². The summed E-state index contributed by atoms with van der Waals surface area (Å²) in [6, 6.07) is -0.166. The van der Waals surface area contributed by atoms with Gasteiger partial charge < -0.3 is 14.8 Å². The second-order valence-corrected chi connectivity index (χ2v) is 4.29. The van der Waals surface area contributed by atoms with Gasteiger partial charge in [-0.15, -0.1) is 0 Å². The first-order valence-corrected chi connectivity index (χ1v) is 6.63. The summed E-state index contributed by atoms with van der Waals surface area (Å²) in [5.74, 6) is -0.145. The second-order valence-electron chi connectivity index (χ2n) is 4.29. The van der Waals surface area contributed by atoms with Crippen molar-refractivity contribution in [3.63, 3.8) is 0 Å². The molecule has 0 fully saturated rings. The molecule has 0 aromatic heterocycles. The fourth-order valence-electron chi connectivity index (χ4n) is 1.46. The number of hydrogen-bond donors (Lipinski definition) is 1. The summed E-state index contributed by atoms with van der Waals surface area (Å²) < 4.78 is 10.4. The molecule has 0 aliphatic carbocycles. The Balaban J connectivity index is 3.53. The van der Waals surface area contributed by atoms with Crippen LogP contribution in [0.25, 0.3) is 0 Å². The lowest BCUT2D eigenvalue weighted by Crippen LogP contribution is -2.38. The van der Waals surface area contributed by atoms with Crippen molar-refractivity contribution in [1.29, 1.82) is 0 Å². The van der Waals surface area contributed by atoms with Gasteiger partial charge in [-0.05, 0) is 46.6 Å². The molecule has 1 N–H and O–H groups in total. The minimum absolute atomic E-state index is 0.145. The van der Waals surface area contributed by atoms with Gasteiger partial charge in [0, 0.05) is 6.61 Å². The Morgan fingerprint density at radius 2 is 1.94 bits per heavy atom. The molecule has 4 nitrogen and oxygen atoms in total. The van der Waals surface area contributed by atoms with Gasteiger partial charge in [0.25, 0.3) is 0 Å². The molecule has 0 amide bonds. The molecule has 0 bridgehead atoms. The van der Waals surface area contributed by atoms with Crippen LogP contribution >= 0.6 is 0 Å². The van der Waals surface area contributed by atoms with Crippen molar-refractivity contribution < 1.29 is 14.3 Å². The van der Waals surface area contributed by atoms with Crippen molar-refractivity contribution in [3.05, 3.63) is 0 Å². The van der Waals surface area contributed by atoms with E-state index in [0.29, 0.717) is 12.7 Å². The van der Waals surface area contributed by atoms with Gasteiger partial charge in [0.2, 0.25) is 0 Å². The fraction of sp³-hybridized carbons (Fsp3) is 0.923. The van der Waals surface area contributed by atoms with Crippen LogP contribution in [0.2, 0.25) is 0 Å². The van der Waals surface area contributed by atoms with Crippen LogP contribution in [0.4, 0.5) is 0 Å². The highest BCUT2D eigenvalue weighted by molar-refractivity contribution is 5.75. The molecule has 0 aliphatic heterocycles. The lowest BCUT2D eigenvalue weighted by Gasteiger charge is -2.15. The fourth-order valence-corrected chi connectivity index (χ4v) is 1.46. The highest BCUT2D eigenvalue weighted by Gasteiger charge is 2.15. The standard InChI is InChI=1S/C13H27NO3/c1-5-12(13(15)16-6-2)14-9-7-8-10-17-11(3)4/h11-12,14H,5-10H2,1-4H3. The zero-order valence-electron chi connectivity index (χ0n) is 11.6. The maximum atomic E-state index is 11.5. The van der Waals surface area contributed by atoms with E-state index in [-0.39, 0.29) is 12.0 Å². The Morgan fingerprint density at radius 1 is 1.24 bits per heavy atom. The van der Waals surface area contributed by atoms with E-state index in [1.165, 1.54) is 0 Å². The monoisotopic (exact) mass is 245 g/mol. The normalized spacial score (nSPS) is 12.8. The van der Waals surface area contributed by atoms with Crippen molar-refractivity contribution in [3.8, 4) is 0 Å². The molecular weight excluding hydrogens is 218 g/mol. The Bertz CT molecular complexity index is 195. The minimum atomic E-state index is -0.166. The SMILES string of the molecule is CCOC(=O)C(CC)NCCCCOC(C)C. The van der Waals surface area contributed by atoms with Gasteiger partial charge in [-0.25, -0.2) is 0 Å². The first kappa shape index (κ1) is 16.4. The van der Waals surface area contributed by atoms with Crippen molar-refractivity contribution >= 4 is 5.97 Å². The van der Waals surface area contributed by atoms with Crippen LogP contribution in [0.5, 0.6) is 0 Å². The topological polar surface area (TPSA) is 47.6 Å². The van der Waals surface area contributed by atoms with E-state index >= 15 is 0 Å². The molecule has 102 valence electrons. The highest BCUT2D eigenvalue weighted by atomic mass is 16.5. The second kappa shape index (κ2) is 10.5. The molecule has 0 radical (unpaired) electrons. The molecule has 1 atom stereocenters. The van der Waals surface area contributed by atoms with Gasteiger partial charge in [0.1, 0.15) is 6.04 Å². The maximum Gasteiger partial charge on any atom is 0.323 e. The molecule has 0 heterocycles. The van der Waals surface area contributed by atoms with Crippen LogP contribution in [-0.2, 0) is 14.3 Å². The quantitative estimate of drug-likeness (QED) is 0.473. The summed E-state index contributed by atoms with van der Waals surface area (Å²) in [5.41, 5.74) is 0. The average Bonchev–Trinajstić information content (AvgIpc) is 2.28. The van der Waals surface area contributed by atoms with Crippen molar-refractivity contribution in [2.45, 2.75) is 59.1 Å². The summed E-state index contributed by atoms with van der Waals surface area (Å²) in [5, 5.41) is 3.21. The van der Waals surface area contributed by atoms with E-state index in [2.05, 4.69) is 5.32 Å². The summed E-state index contributed by atoms with van der Waals surface area (Å²) in [4.78, 5) is 11.5. The third-order valence-electron chi connectivity index (χ3n) is 2.39. The largest absolute Gasteiger partial charge is 0.465 e. The van der Waals surface area contributed by atoms with Crippen LogP contribution < -0.4 is 5.32 Å². The smallest absolute Gasteiger partial charge is 0.323 e. The third kappa shape index (κ3) is 9.12. The molecule has 0 aliphatic rings. The molecule has 0 saturated carbocycles. The Hall–Kier alpha value is -0.610. The number of unbranched alkanes of at least 4 members (excludes halogenated alkanes) is 1. The van der Waals surface area contributed by atoms with Crippen LogP contribution in [0.1, 0.15) is 47.0 Å². The number of carbonyl (C=O) groups excluding carboxylic acids is 1. The van der Waals surface area contributed by atoms with Crippen LogP contribution in [0.3, 0.4) is 0 Å². The van der Waals surface area contributed by atoms with Gasteiger partial charge in [0.05, 0.1) is 12.7 Å². The Morgan fingerprint density at radius 3 is 2.47 bits per heavy atom. The van der Waals surface area contributed by atoms with Crippen molar-refractivity contribution in [1.82, 2.24) is 5.32 Å². The molecule has 0 saturated heterocycles.